The molecule has 152 valence electrons. The Morgan fingerprint density at radius 1 is 1.21 bits per heavy atom. The molecule has 1 saturated heterocycles. The molecule has 2 aromatic carbocycles. The van der Waals surface area contributed by atoms with Crippen LogP contribution in [0.25, 0.3) is 0 Å². The molecule has 1 fully saturated rings. The molecule has 2 N–H and O–H groups in total. The Kier molecular flexibility index (Phi) is 6.12. The Balaban J connectivity index is 1.75. The molecular formula is C21H22FN3O3S. The van der Waals surface area contributed by atoms with Crippen LogP contribution in [0.3, 0.4) is 0 Å². The van der Waals surface area contributed by atoms with Gasteiger partial charge in [-0.3, -0.25) is 14.5 Å². The van der Waals surface area contributed by atoms with Gasteiger partial charge in [0.15, 0.2) is 5.11 Å². The number of carbonyl (C=O) groups is 2. The number of aryl methyl sites for hydroxylation is 2. The molecule has 1 unspecified atom stereocenters. The number of hydrogen-bond acceptors (Lipinski definition) is 4. The maximum atomic E-state index is 14.3. The lowest BCUT2D eigenvalue weighted by atomic mass is 10.0. The quantitative estimate of drug-likeness (QED) is 0.678. The monoisotopic (exact) mass is 415 g/mol. The number of amides is 1. The molecule has 29 heavy (non-hydrogen) atoms. The maximum Gasteiger partial charge on any atom is 0.305 e. The van der Waals surface area contributed by atoms with Gasteiger partial charge in [-0.05, 0) is 66.5 Å². The number of halogens is 1. The van der Waals surface area contributed by atoms with Gasteiger partial charge in [-0.15, -0.1) is 0 Å². The van der Waals surface area contributed by atoms with Crippen molar-refractivity contribution in [3.05, 3.63) is 59.4 Å². The number of carboxylic acid groups (broad SMARTS) is 1. The van der Waals surface area contributed by atoms with Gasteiger partial charge in [-0.25, -0.2) is 4.39 Å². The zero-order chi connectivity index (χ0) is 21.1. The summed E-state index contributed by atoms with van der Waals surface area (Å²) in [4.78, 5) is 26.7. The Hall–Kier alpha value is -3.00. The van der Waals surface area contributed by atoms with Gasteiger partial charge in [0.25, 0.3) is 5.91 Å². The molecule has 0 radical (unpaired) electrons. The van der Waals surface area contributed by atoms with Crippen molar-refractivity contribution in [3.8, 4) is 0 Å². The molecule has 1 amide bonds. The molecule has 1 aliphatic rings. The van der Waals surface area contributed by atoms with Crippen LogP contribution in [0.5, 0.6) is 0 Å². The average Bonchev–Trinajstić information content (AvgIpc) is 2.94. The zero-order valence-electron chi connectivity index (χ0n) is 16.2. The van der Waals surface area contributed by atoms with Crippen LogP contribution >= 0.6 is 12.2 Å². The van der Waals surface area contributed by atoms with Crippen molar-refractivity contribution in [3.63, 3.8) is 0 Å². The summed E-state index contributed by atoms with van der Waals surface area (Å²) >= 11 is 5.18. The highest BCUT2D eigenvalue weighted by atomic mass is 32.1. The maximum absolute atomic E-state index is 14.3. The number of rotatable bonds is 7. The fourth-order valence-corrected chi connectivity index (χ4v) is 3.56. The van der Waals surface area contributed by atoms with Crippen LogP contribution in [0.4, 0.5) is 15.8 Å². The lowest BCUT2D eigenvalue weighted by Crippen LogP contribution is -2.32. The van der Waals surface area contributed by atoms with Gasteiger partial charge >= 0.3 is 5.97 Å². The minimum atomic E-state index is -1.10. The molecule has 1 heterocycles. The Morgan fingerprint density at radius 2 is 1.90 bits per heavy atom. The molecule has 0 aliphatic carbocycles. The van der Waals surface area contributed by atoms with E-state index in [-0.39, 0.29) is 17.4 Å². The highest BCUT2D eigenvalue weighted by Crippen LogP contribution is 2.25. The molecule has 2 aromatic rings. The van der Waals surface area contributed by atoms with Crippen LogP contribution in [-0.2, 0) is 22.4 Å². The molecule has 0 spiro atoms. The second-order valence-corrected chi connectivity index (χ2v) is 7.50. The summed E-state index contributed by atoms with van der Waals surface area (Å²) in [6.07, 6.45) is 0.737. The lowest BCUT2D eigenvalue weighted by Gasteiger charge is -2.17. The van der Waals surface area contributed by atoms with E-state index in [4.69, 9.17) is 17.3 Å². The van der Waals surface area contributed by atoms with Gasteiger partial charge in [-0.2, -0.15) is 0 Å². The van der Waals surface area contributed by atoms with Crippen LogP contribution < -0.4 is 15.1 Å². The Bertz CT molecular complexity index is 947. The van der Waals surface area contributed by atoms with E-state index in [1.807, 2.05) is 43.3 Å². The molecule has 1 aliphatic heterocycles. The van der Waals surface area contributed by atoms with E-state index < -0.39 is 17.9 Å². The molecule has 3 rings (SSSR count). The van der Waals surface area contributed by atoms with Crippen molar-refractivity contribution >= 4 is 40.6 Å². The summed E-state index contributed by atoms with van der Waals surface area (Å²) < 4.78 is 14.3. The number of carbonyl (C=O) groups excluding carboxylic acids is 1. The van der Waals surface area contributed by atoms with Crippen LogP contribution in [0.1, 0.15) is 17.5 Å². The number of thiocarbonyl (C=S) groups is 1. The van der Waals surface area contributed by atoms with E-state index in [0.29, 0.717) is 24.1 Å². The van der Waals surface area contributed by atoms with Crippen LogP contribution in [-0.4, -0.2) is 42.2 Å². The summed E-state index contributed by atoms with van der Waals surface area (Å²) in [5.74, 6) is -1.90. The molecule has 0 saturated carbocycles. The first kappa shape index (κ1) is 20.7. The molecule has 1 atom stereocenters. The minimum absolute atomic E-state index is 0.123. The van der Waals surface area contributed by atoms with E-state index in [9.17, 15) is 14.0 Å². The summed E-state index contributed by atoms with van der Waals surface area (Å²) in [6, 6.07) is 11.5. The summed E-state index contributed by atoms with van der Waals surface area (Å²) in [5.41, 5.74) is 3.07. The largest absolute Gasteiger partial charge is 0.481 e. The number of benzene rings is 2. The van der Waals surface area contributed by atoms with Crippen molar-refractivity contribution in [2.75, 3.05) is 23.9 Å². The Labute approximate surface area is 173 Å². The van der Waals surface area contributed by atoms with Crippen LogP contribution in [0, 0.1) is 5.82 Å². The number of nitrogens with one attached hydrogen (secondary N) is 1. The van der Waals surface area contributed by atoms with Crippen molar-refractivity contribution < 1.29 is 19.1 Å². The standard InChI is InChI=1S/C21H22FN3O3S/c1-24(2)15-7-4-13(5-8-15)3-6-14-11-16(9-10-17(14)22)25-20(28)18(12-19(26)27)23-21(25)29/h4-5,7-11,18H,3,6,12H2,1-2H3,(H,23,29)(H,26,27). The summed E-state index contributed by atoms with van der Waals surface area (Å²) in [7, 11) is 3.94. The first-order valence-electron chi connectivity index (χ1n) is 9.17. The molecule has 0 aromatic heterocycles. The van der Waals surface area contributed by atoms with Gasteiger partial charge in [-0.1, -0.05) is 12.1 Å². The third kappa shape index (κ3) is 4.71. The number of aliphatic carboxylic acids is 1. The smallest absolute Gasteiger partial charge is 0.305 e. The third-order valence-electron chi connectivity index (χ3n) is 4.82. The summed E-state index contributed by atoms with van der Waals surface area (Å²) in [5, 5.41) is 11.8. The van der Waals surface area contributed by atoms with E-state index in [1.165, 1.54) is 17.0 Å². The predicted octanol–water partition coefficient (Wildman–Crippen LogP) is 2.74. The molecule has 6 nitrogen and oxygen atoms in total. The SMILES string of the molecule is CN(C)c1ccc(CCc2cc(N3C(=O)C(CC(=O)O)NC3=S)ccc2F)cc1. The van der Waals surface area contributed by atoms with Crippen molar-refractivity contribution in [2.45, 2.75) is 25.3 Å². The van der Waals surface area contributed by atoms with Crippen molar-refractivity contribution in [1.82, 2.24) is 5.32 Å². The molecular weight excluding hydrogens is 393 g/mol. The van der Waals surface area contributed by atoms with Crippen molar-refractivity contribution in [1.29, 1.82) is 0 Å². The second-order valence-electron chi connectivity index (χ2n) is 7.11. The van der Waals surface area contributed by atoms with Crippen LogP contribution in [0.15, 0.2) is 42.5 Å². The van der Waals surface area contributed by atoms with Gasteiger partial charge in [0.2, 0.25) is 0 Å². The number of nitrogens with zero attached hydrogens (tertiary/aromatic N) is 2. The second kappa shape index (κ2) is 8.57. The van der Waals surface area contributed by atoms with Gasteiger partial charge in [0, 0.05) is 19.8 Å². The highest BCUT2D eigenvalue weighted by Gasteiger charge is 2.37. The van der Waals surface area contributed by atoms with Crippen molar-refractivity contribution in [2.24, 2.45) is 0 Å². The van der Waals surface area contributed by atoms with Gasteiger partial charge in [0.05, 0.1) is 12.1 Å². The van der Waals surface area contributed by atoms with Gasteiger partial charge in [0.1, 0.15) is 11.9 Å². The topological polar surface area (TPSA) is 72.9 Å². The normalized spacial score (nSPS) is 16.1. The first-order chi connectivity index (χ1) is 13.8. The third-order valence-corrected chi connectivity index (χ3v) is 5.12. The predicted molar refractivity (Wildman–Crippen MR) is 114 cm³/mol. The summed E-state index contributed by atoms with van der Waals surface area (Å²) in [6.45, 7) is 0. The fraction of sp³-hybridized carbons (Fsp3) is 0.286. The van der Waals surface area contributed by atoms with Crippen LogP contribution in [0.2, 0.25) is 0 Å². The number of hydrogen-bond donors (Lipinski definition) is 2. The average molecular weight is 415 g/mol. The number of carboxylic acids is 1. The first-order valence-corrected chi connectivity index (χ1v) is 9.58. The molecule has 0 bridgehead atoms. The zero-order valence-corrected chi connectivity index (χ0v) is 17.0. The van der Waals surface area contributed by atoms with E-state index in [1.54, 1.807) is 6.07 Å². The van der Waals surface area contributed by atoms with E-state index in [0.717, 1.165) is 11.3 Å². The minimum Gasteiger partial charge on any atom is -0.481 e. The lowest BCUT2D eigenvalue weighted by molar-refractivity contribution is -0.139. The van der Waals surface area contributed by atoms with E-state index in [2.05, 4.69) is 5.32 Å². The highest BCUT2D eigenvalue weighted by molar-refractivity contribution is 7.80. The molecule has 8 heteroatoms. The Morgan fingerprint density at radius 3 is 2.52 bits per heavy atom. The number of anilines is 2. The van der Waals surface area contributed by atoms with Gasteiger partial charge < -0.3 is 15.3 Å². The fourth-order valence-electron chi connectivity index (χ4n) is 3.22. The van der Waals surface area contributed by atoms with E-state index >= 15 is 0 Å².